The molecule has 0 amide bonds. The number of halogens is 3. The number of hydrogen-bond acceptors (Lipinski definition) is 5. The van der Waals surface area contributed by atoms with Gasteiger partial charge in [-0.3, -0.25) is 0 Å². The zero-order chi connectivity index (χ0) is 21.3. The molecule has 154 valence electrons. The van der Waals surface area contributed by atoms with Crippen molar-refractivity contribution in [3.63, 3.8) is 0 Å². The van der Waals surface area contributed by atoms with Gasteiger partial charge < -0.3 is 9.47 Å². The Morgan fingerprint density at radius 1 is 1.03 bits per heavy atom. The van der Waals surface area contributed by atoms with E-state index in [4.69, 9.17) is 44.3 Å². The standard InChI is InChI=1S/C21H15Cl3N2O3S/c1-12-16-11-19(30-20(16)26(25-12)15-5-2-13(22)3-6-15)21(27)29-9-8-28-18-7-4-14(23)10-17(18)24/h2-7,10-11H,8-9H2,1H3. The molecule has 0 aliphatic heterocycles. The summed E-state index contributed by atoms with van der Waals surface area (Å²) in [6.07, 6.45) is 0. The van der Waals surface area contributed by atoms with Crippen molar-refractivity contribution in [2.45, 2.75) is 6.92 Å². The monoisotopic (exact) mass is 480 g/mol. The molecule has 4 aromatic rings. The predicted molar refractivity (Wildman–Crippen MR) is 121 cm³/mol. The highest BCUT2D eigenvalue weighted by Crippen LogP contribution is 2.31. The molecular weight excluding hydrogens is 467 g/mol. The minimum atomic E-state index is -0.413. The highest BCUT2D eigenvalue weighted by molar-refractivity contribution is 7.20. The molecule has 9 heteroatoms. The number of aryl methyl sites for hydroxylation is 1. The molecule has 4 rings (SSSR count). The quantitative estimate of drug-likeness (QED) is 0.230. The van der Waals surface area contributed by atoms with Gasteiger partial charge in [-0.05, 0) is 55.5 Å². The van der Waals surface area contributed by atoms with E-state index in [-0.39, 0.29) is 13.2 Å². The van der Waals surface area contributed by atoms with Crippen molar-refractivity contribution in [2.24, 2.45) is 0 Å². The first-order chi connectivity index (χ1) is 14.4. The molecule has 0 fully saturated rings. The van der Waals surface area contributed by atoms with Crippen molar-refractivity contribution in [3.05, 3.63) is 74.2 Å². The van der Waals surface area contributed by atoms with Gasteiger partial charge in [0.15, 0.2) is 0 Å². The van der Waals surface area contributed by atoms with E-state index in [9.17, 15) is 4.79 Å². The van der Waals surface area contributed by atoms with Crippen LogP contribution in [-0.4, -0.2) is 29.0 Å². The van der Waals surface area contributed by atoms with Crippen molar-refractivity contribution >= 4 is 62.3 Å². The number of carbonyl (C=O) groups excluding carboxylic acids is 1. The topological polar surface area (TPSA) is 53.4 Å². The second kappa shape index (κ2) is 8.86. The maximum Gasteiger partial charge on any atom is 0.348 e. The van der Waals surface area contributed by atoms with Gasteiger partial charge in [-0.15, -0.1) is 11.3 Å². The number of benzene rings is 2. The van der Waals surface area contributed by atoms with Gasteiger partial charge in [0.2, 0.25) is 0 Å². The van der Waals surface area contributed by atoms with Gasteiger partial charge >= 0.3 is 5.97 Å². The molecule has 5 nitrogen and oxygen atoms in total. The fourth-order valence-electron chi connectivity index (χ4n) is 2.85. The predicted octanol–water partition coefficient (Wildman–Crippen LogP) is 6.59. The second-order valence-electron chi connectivity index (χ2n) is 6.36. The zero-order valence-corrected chi connectivity index (χ0v) is 18.8. The van der Waals surface area contributed by atoms with E-state index in [1.54, 1.807) is 41.1 Å². The van der Waals surface area contributed by atoms with E-state index >= 15 is 0 Å². The third kappa shape index (κ3) is 4.42. The molecule has 2 aromatic heterocycles. The van der Waals surface area contributed by atoms with Crippen LogP contribution < -0.4 is 4.74 Å². The van der Waals surface area contributed by atoms with E-state index in [2.05, 4.69) is 5.10 Å². The number of hydrogen-bond donors (Lipinski definition) is 0. The van der Waals surface area contributed by atoms with Gasteiger partial charge in [-0.2, -0.15) is 5.10 Å². The molecule has 0 saturated heterocycles. The lowest BCUT2D eigenvalue weighted by molar-refractivity contribution is 0.0456. The minimum absolute atomic E-state index is 0.0916. The highest BCUT2D eigenvalue weighted by Gasteiger charge is 2.18. The average molecular weight is 482 g/mol. The van der Waals surface area contributed by atoms with E-state index < -0.39 is 5.97 Å². The molecule has 0 saturated carbocycles. The summed E-state index contributed by atoms with van der Waals surface area (Å²) in [6, 6.07) is 14.1. The molecule has 0 spiro atoms. The number of esters is 1. The van der Waals surface area contributed by atoms with Crippen LogP contribution in [-0.2, 0) is 4.74 Å². The Labute approximate surface area is 191 Å². The summed E-state index contributed by atoms with van der Waals surface area (Å²) in [6.45, 7) is 2.17. The van der Waals surface area contributed by atoms with E-state index in [1.807, 2.05) is 19.1 Å². The molecule has 0 atom stereocenters. The lowest BCUT2D eigenvalue weighted by atomic mass is 10.3. The third-order valence-corrected chi connectivity index (χ3v) is 6.16. The number of rotatable bonds is 6. The van der Waals surface area contributed by atoms with Crippen molar-refractivity contribution in [1.29, 1.82) is 0 Å². The van der Waals surface area contributed by atoms with Gasteiger partial charge in [0.25, 0.3) is 0 Å². The van der Waals surface area contributed by atoms with E-state index in [0.717, 1.165) is 21.6 Å². The third-order valence-electron chi connectivity index (χ3n) is 4.28. The first-order valence-corrected chi connectivity index (χ1v) is 10.9. The normalized spacial score (nSPS) is 11.1. The van der Waals surface area contributed by atoms with Crippen LogP contribution >= 0.6 is 46.1 Å². The average Bonchev–Trinajstić information content (AvgIpc) is 3.28. The smallest absolute Gasteiger partial charge is 0.348 e. The molecule has 0 unspecified atom stereocenters. The van der Waals surface area contributed by atoms with Crippen LogP contribution in [0.5, 0.6) is 5.75 Å². The van der Waals surface area contributed by atoms with Gasteiger partial charge in [0.1, 0.15) is 28.7 Å². The fraction of sp³-hybridized carbons (Fsp3) is 0.143. The van der Waals surface area contributed by atoms with Crippen LogP contribution in [0.25, 0.3) is 15.9 Å². The van der Waals surface area contributed by atoms with Crippen LogP contribution in [0.3, 0.4) is 0 Å². The largest absolute Gasteiger partial charge is 0.488 e. The molecule has 0 bridgehead atoms. The van der Waals surface area contributed by atoms with Gasteiger partial charge in [0.05, 0.1) is 16.4 Å². The van der Waals surface area contributed by atoms with Crippen LogP contribution in [0.15, 0.2) is 48.5 Å². The maximum absolute atomic E-state index is 12.5. The summed E-state index contributed by atoms with van der Waals surface area (Å²) in [5.74, 6) is 0.0710. The van der Waals surface area contributed by atoms with Crippen LogP contribution in [0.4, 0.5) is 0 Å². The summed E-state index contributed by atoms with van der Waals surface area (Å²) in [7, 11) is 0. The number of nitrogens with zero attached hydrogens (tertiary/aromatic N) is 2. The summed E-state index contributed by atoms with van der Waals surface area (Å²) in [4.78, 5) is 13.8. The van der Waals surface area contributed by atoms with Crippen LogP contribution in [0.1, 0.15) is 15.4 Å². The zero-order valence-electron chi connectivity index (χ0n) is 15.7. The van der Waals surface area contributed by atoms with Gasteiger partial charge in [-0.1, -0.05) is 34.8 Å². The second-order valence-corrected chi connectivity index (χ2v) is 8.67. The maximum atomic E-state index is 12.5. The lowest BCUT2D eigenvalue weighted by Gasteiger charge is -2.08. The van der Waals surface area contributed by atoms with Gasteiger partial charge in [-0.25, -0.2) is 9.48 Å². The molecule has 0 aliphatic carbocycles. The van der Waals surface area contributed by atoms with Crippen molar-refractivity contribution in [1.82, 2.24) is 9.78 Å². The number of thiophene rings is 1. The summed E-state index contributed by atoms with van der Waals surface area (Å²) in [5, 5.41) is 7.05. The van der Waals surface area contributed by atoms with Gasteiger partial charge in [0, 0.05) is 15.4 Å². The molecule has 0 aliphatic rings. The Balaban J connectivity index is 1.43. The molecule has 30 heavy (non-hydrogen) atoms. The van der Waals surface area contributed by atoms with Crippen molar-refractivity contribution < 1.29 is 14.3 Å². The van der Waals surface area contributed by atoms with Crippen LogP contribution in [0, 0.1) is 6.92 Å². The van der Waals surface area contributed by atoms with E-state index in [1.165, 1.54) is 11.3 Å². The molecule has 0 N–H and O–H groups in total. The first-order valence-electron chi connectivity index (χ1n) is 8.92. The Morgan fingerprint density at radius 3 is 2.50 bits per heavy atom. The first kappa shape index (κ1) is 21.0. The number of aromatic nitrogens is 2. The Morgan fingerprint density at radius 2 is 1.77 bits per heavy atom. The Hall–Kier alpha value is -2.25. The summed E-state index contributed by atoms with van der Waals surface area (Å²) < 4.78 is 12.7. The fourth-order valence-corrected chi connectivity index (χ4v) is 4.52. The summed E-state index contributed by atoms with van der Waals surface area (Å²) >= 11 is 19.2. The summed E-state index contributed by atoms with van der Waals surface area (Å²) in [5.41, 5.74) is 1.70. The molecule has 2 heterocycles. The molecule has 2 aromatic carbocycles. The van der Waals surface area contributed by atoms with Crippen LogP contribution in [0.2, 0.25) is 15.1 Å². The number of fused-ring (bicyclic) bond motifs is 1. The number of carbonyl (C=O) groups is 1. The van der Waals surface area contributed by atoms with E-state index in [0.29, 0.717) is 25.7 Å². The Bertz CT molecular complexity index is 1220. The molecule has 0 radical (unpaired) electrons. The lowest BCUT2D eigenvalue weighted by Crippen LogP contribution is -2.11. The number of ether oxygens (including phenoxy) is 2. The minimum Gasteiger partial charge on any atom is -0.488 e. The Kier molecular flexibility index (Phi) is 6.20. The van der Waals surface area contributed by atoms with Crippen molar-refractivity contribution in [2.75, 3.05) is 13.2 Å². The highest BCUT2D eigenvalue weighted by atomic mass is 35.5. The SMILES string of the molecule is Cc1nn(-c2ccc(Cl)cc2)c2sc(C(=O)OCCOc3ccc(Cl)cc3Cl)cc12. The molecular formula is C21H15Cl3N2O3S. The van der Waals surface area contributed by atoms with Crippen molar-refractivity contribution in [3.8, 4) is 11.4 Å².